The van der Waals surface area contributed by atoms with Crippen molar-refractivity contribution in [1.29, 1.82) is 0 Å². The van der Waals surface area contributed by atoms with Crippen molar-refractivity contribution in [2.75, 3.05) is 0 Å². The molecule has 0 spiro atoms. The molecule has 14 heavy (non-hydrogen) atoms. The largest absolute Gasteiger partial charge is 0.298 e. The highest BCUT2D eigenvalue weighted by molar-refractivity contribution is 6.42. The average molecular weight is 225 g/mol. The van der Waals surface area contributed by atoms with E-state index in [1.54, 1.807) is 6.07 Å². The van der Waals surface area contributed by atoms with Crippen LogP contribution in [-0.4, -0.2) is 6.29 Å². The molecule has 0 amide bonds. The Labute approximate surface area is 91.2 Å². The summed E-state index contributed by atoms with van der Waals surface area (Å²) in [4.78, 5) is 10.7. The fourth-order valence-corrected chi connectivity index (χ4v) is 2.02. The van der Waals surface area contributed by atoms with E-state index in [1.165, 1.54) is 0 Å². The number of aldehydes is 1. The zero-order valence-corrected chi connectivity index (χ0v) is 8.64. The number of carbonyl (C=O) groups excluding carboxylic acids is 1. The minimum atomic E-state index is 0.354. The van der Waals surface area contributed by atoms with Gasteiger partial charge < -0.3 is 0 Å². The smallest absolute Gasteiger partial charge is 0.153 e. The van der Waals surface area contributed by atoms with E-state index in [0.29, 0.717) is 21.9 Å². The van der Waals surface area contributed by atoms with Crippen molar-refractivity contribution in [3.63, 3.8) is 0 Å². The molecule has 0 aliphatic carbocycles. The molecule has 0 bridgehead atoms. The van der Waals surface area contributed by atoms with Crippen molar-refractivity contribution in [2.45, 2.75) is 0 Å². The van der Waals surface area contributed by atoms with Gasteiger partial charge in [0.05, 0.1) is 15.6 Å². The molecule has 0 heterocycles. The quantitative estimate of drug-likeness (QED) is 0.671. The highest BCUT2D eigenvalue weighted by atomic mass is 35.5. The maximum absolute atomic E-state index is 10.7. The summed E-state index contributed by atoms with van der Waals surface area (Å²) in [5.74, 6) is 0. The zero-order valence-electron chi connectivity index (χ0n) is 7.13. The fourth-order valence-electron chi connectivity index (χ4n) is 1.39. The van der Waals surface area contributed by atoms with Gasteiger partial charge in [0.25, 0.3) is 0 Å². The van der Waals surface area contributed by atoms with Gasteiger partial charge in [-0.25, -0.2) is 0 Å². The van der Waals surface area contributed by atoms with E-state index in [2.05, 4.69) is 0 Å². The minimum absolute atomic E-state index is 0.354. The highest BCUT2D eigenvalue weighted by Gasteiger charge is 2.08. The van der Waals surface area contributed by atoms with Crippen LogP contribution < -0.4 is 0 Å². The number of hydrogen-bond donors (Lipinski definition) is 0. The van der Waals surface area contributed by atoms with Gasteiger partial charge in [-0.05, 0) is 11.5 Å². The van der Waals surface area contributed by atoms with Crippen LogP contribution in [0.1, 0.15) is 10.4 Å². The van der Waals surface area contributed by atoms with Crippen LogP contribution in [0.2, 0.25) is 10.0 Å². The lowest BCUT2D eigenvalue weighted by Gasteiger charge is -2.04. The third-order valence-corrected chi connectivity index (χ3v) is 2.81. The van der Waals surface area contributed by atoms with Crippen LogP contribution in [0, 0.1) is 0 Å². The molecular weight excluding hydrogens is 219 g/mol. The first-order valence-corrected chi connectivity index (χ1v) is 4.81. The minimum Gasteiger partial charge on any atom is -0.298 e. The van der Waals surface area contributed by atoms with Crippen molar-refractivity contribution < 1.29 is 4.79 Å². The standard InChI is InChI=1S/C11H6Cl2O/c12-10-5-7-3-1-2-4-8(7)11(13)9(10)6-14/h1-6H. The second kappa shape index (κ2) is 3.60. The van der Waals surface area contributed by atoms with Crippen molar-refractivity contribution >= 4 is 40.3 Å². The number of benzene rings is 2. The summed E-state index contributed by atoms with van der Waals surface area (Å²) < 4.78 is 0. The summed E-state index contributed by atoms with van der Waals surface area (Å²) in [6.45, 7) is 0. The van der Waals surface area contributed by atoms with Crippen LogP contribution in [0.15, 0.2) is 30.3 Å². The molecule has 0 unspecified atom stereocenters. The van der Waals surface area contributed by atoms with Gasteiger partial charge in [-0.1, -0.05) is 47.5 Å². The van der Waals surface area contributed by atoms with Crippen LogP contribution in [0.5, 0.6) is 0 Å². The second-order valence-corrected chi connectivity index (χ2v) is 3.71. The molecule has 0 N–H and O–H groups in total. The zero-order chi connectivity index (χ0) is 10.1. The maximum atomic E-state index is 10.7. The van der Waals surface area contributed by atoms with Gasteiger partial charge in [-0.2, -0.15) is 0 Å². The Morgan fingerprint density at radius 1 is 1.14 bits per heavy atom. The molecule has 0 aromatic heterocycles. The molecule has 0 atom stereocenters. The molecule has 0 fully saturated rings. The first kappa shape index (κ1) is 9.50. The molecule has 2 rings (SSSR count). The van der Waals surface area contributed by atoms with Gasteiger partial charge in [0.15, 0.2) is 6.29 Å². The molecule has 0 radical (unpaired) electrons. The number of halogens is 2. The predicted molar refractivity (Wildman–Crippen MR) is 59.4 cm³/mol. The molecule has 0 aliphatic heterocycles. The third-order valence-electron chi connectivity index (χ3n) is 2.09. The summed E-state index contributed by atoms with van der Waals surface area (Å²) in [6, 6.07) is 9.28. The van der Waals surface area contributed by atoms with E-state index in [4.69, 9.17) is 23.2 Å². The van der Waals surface area contributed by atoms with Crippen molar-refractivity contribution in [3.8, 4) is 0 Å². The van der Waals surface area contributed by atoms with E-state index in [-0.39, 0.29) is 0 Å². The van der Waals surface area contributed by atoms with Gasteiger partial charge in [-0.3, -0.25) is 4.79 Å². The fraction of sp³-hybridized carbons (Fsp3) is 0. The van der Waals surface area contributed by atoms with E-state index >= 15 is 0 Å². The molecule has 2 aromatic carbocycles. The first-order chi connectivity index (χ1) is 6.74. The number of carbonyl (C=O) groups is 1. The summed E-state index contributed by atoms with van der Waals surface area (Å²) >= 11 is 11.9. The lowest BCUT2D eigenvalue weighted by atomic mass is 10.1. The van der Waals surface area contributed by atoms with Gasteiger partial charge >= 0.3 is 0 Å². The molecule has 3 heteroatoms. The lowest BCUT2D eigenvalue weighted by Crippen LogP contribution is -1.86. The van der Waals surface area contributed by atoms with E-state index in [1.807, 2.05) is 24.3 Å². The van der Waals surface area contributed by atoms with Crippen LogP contribution in [0.25, 0.3) is 10.8 Å². The van der Waals surface area contributed by atoms with E-state index < -0.39 is 0 Å². The molecule has 1 nitrogen and oxygen atoms in total. The molecule has 0 saturated carbocycles. The molecule has 70 valence electrons. The number of rotatable bonds is 1. The van der Waals surface area contributed by atoms with Crippen LogP contribution in [-0.2, 0) is 0 Å². The summed E-state index contributed by atoms with van der Waals surface area (Å²) in [7, 11) is 0. The van der Waals surface area contributed by atoms with Gasteiger partial charge in [0, 0.05) is 5.39 Å². The highest BCUT2D eigenvalue weighted by Crippen LogP contribution is 2.31. The Morgan fingerprint density at radius 2 is 1.86 bits per heavy atom. The summed E-state index contributed by atoms with van der Waals surface area (Å²) in [5.41, 5.74) is 0.354. The first-order valence-electron chi connectivity index (χ1n) is 4.06. The Balaban J connectivity index is 2.92. The summed E-state index contributed by atoms with van der Waals surface area (Å²) in [6.07, 6.45) is 0.678. The van der Waals surface area contributed by atoms with Crippen molar-refractivity contribution in [2.24, 2.45) is 0 Å². The van der Waals surface area contributed by atoms with Crippen molar-refractivity contribution in [3.05, 3.63) is 45.9 Å². The van der Waals surface area contributed by atoms with E-state index in [9.17, 15) is 4.79 Å². The monoisotopic (exact) mass is 224 g/mol. The van der Waals surface area contributed by atoms with Crippen LogP contribution in [0.4, 0.5) is 0 Å². The van der Waals surface area contributed by atoms with Gasteiger partial charge in [0.1, 0.15) is 0 Å². The van der Waals surface area contributed by atoms with Crippen LogP contribution in [0.3, 0.4) is 0 Å². The molecule has 0 aliphatic rings. The third kappa shape index (κ3) is 1.39. The molecular formula is C11H6Cl2O. The predicted octanol–water partition coefficient (Wildman–Crippen LogP) is 3.96. The van der Waals surface area contributed by atoms with Gasteiger partial charge in [0.2, 0.25) is 0 Å². The molecule has 2 aromatic rings. The second-order valence-electron chi connectivity index (χ2n) is 2.93. The normalized spacial score (nSPS) is 10.4. The Hall–Kier alpha value is -1.05. The maximum Gasteiger partial charge on any atom is 0.153 e. The lowest BCUT2D eigenvalue weighted by molar-refractivity contribution is 0.112. The molecule has 0 saturated heterocycles. The van der Waals surface area contributed by atoms with E-state index in [0.717, 1.165) is 10.8 Å². The van der Waals surface area contributed by atoms with Crippen LogP contribution >= 0.6 is 23.2 Å². The van der Waals surface area contributed by atoms with Gasteiger partial charge in [-0.15, -0.1) is 0 Å². The Morgan fingerprint density at radius 3 is 2.57 bits per heavy atom. The topological polar surface area (TPSA) is 17.1 Å². The van der Waals surface area contributed by atoms with Crippen molar-refractivity contribution in [1.82, 2.24) is 0 Å². The Bertz CT molecular complexity index is 506. The SMILES string of the molecule is O=Cc1c(Cl)cc2ccccc2c1Cl. The number of hydrogen-bond acceptors (Lipinski definition) is 1. The average Bonchev–Trinajstić information content (AvgIpc) is 2.18. The number of fused-ring (bicyclic) bond motifs is 1. The summed E-state index contributed by atoms with van der Waals surface area (Å²) in [5, 5.41) is 2.60. The Kier molecular flexibility index (Phi) is 2.44.